The van der Waals surface area contributed by atoms with Gasteiger partial charge in [-0.1, -0.05) is 23.7 Å². The van der Waals surface area contributed by atoms with E-state index in [4.69, 9.17) is 11.6 Å². The van der Waals surface area contributed by atoms with Crippen LogP contribution < -0.4 is 4.72 Å². The quantitative estimate of drug-likeness (QED) is 0.649. The minimum atomic E-state index is -5.32. The van der Waals surface area contributed by atoms with Crippen molar-refractivity contribution >= 4 is 33.6 Å². The number of amides is 1. The topological polar surface area (TPSA) is 63.2 Å². The fourth-order valence-corrected chi connectivity index (χ4v) is 3.01. The molecule has 2 aromatic rings. The van der Waals surface area contributed by atoms with Crippen molar-refractivity contribution in [3.05, 3.63) is 75.1 Å². The number of benzene rings is 2. The maximum Gasteiger partial charge on any atom is 0.417 e. The molecule has 29 heavy (non-hydrogen) atoms. The lowest BCUT2D eigenvalue weighted by Crippen LogP contribution is -2.31. The average molecular weight is 458 g/mol. The van der Waals surface area contributed by atoms with Crippen molar-refractivity contribution < 1.29 is 39.6 Å². The molecule has 0 atom stereocenters. The normalized spacial score (nSPS) is 12.9. The van der Waals surface area contributed by atoms with Crippen molar-refractivity contribution in [3.63, 3.8) is 0 Å². The van der Waals surface area contributed by atoms with Gasteiger partial charge >= 0.3 is 12.4 Å². The Morgan fingerprint density at radius 2 is 1.52 bits per heavy atom. The van der Waals surface area contributed by atoms with Crippen LogP contribution in [0.3, 0.4) is 0 Å². The summed E-state index contributed by atoms with van der Waals surface area (Å²) in [5.41, 5.74) is -4.46. The number of sulfonamides is 1. The van der Waals surface area contributed by atoms with E-state index in [0.29, 0.717) is 16.0 Å². The second kappa shape index (κ2) is 8.07. The highest BCUT2D eigenvalue weighted by Gasteiger charge is 2.39. The second-order valence-electron chi connectivity index (χ2n) is 5.59. The third kappa shape index (κ3) is 6.23. The number of hydrogen-bond donors (Lipinski definition) is 1. The van der Waals surface area contributed by atoms with E-state index in [2.05, 4.69) is 0 Å². The third-order valence-electron chi connectivity index (χ3n) is 3.44. The smallest absolute Gasteiger partial charge is 0.268 e. The van der Waals surface area contributed by atoms with E-state index in [1.165, 1.54) is 29.0 Å². The first-order valence-corrected chi connectivity index (χ1v) is 9.41. The Bertz CT molecular complexity index is 1040. The van der Waals surface area contributed by atoms with Crippen molar-refractivity contribution in [2.24, 2.45) is 0 Å². The van der Waals surface area contributed by atoms with Crippen LogP contribution >= 0.6 is 11.6 Å². The molecule has 0 aliphatic carbocycles. The van der Waals surface area contributed by atoms with E-state index < -0.39 is 45.0 Å². The molecule has 0 saturated carbocycles. The SMILES string of the molecule is O=C(NS(=O)(=O)/C=C/c1ccc(Cl)cc1)c1ccc(C(F)(F)F)cc1C(F)(F)F. The largest absolute Gasteiger partial charge is 0.417 e. The molecule has 0 radical (unpaired) electrons. The number of halogens is 7. The lowest BCUT2D eigenvalue weighted by Gasteiger charge is -2.15. The first-order valence-electron chi connectivity index (χ1n) is 7.48. The van der Waals surface area contributed by atoms with Gasteiger partial charge < -0.3 is 0 Å². The third-order valence-corrected chi connectivity index (χ3v) is 4.66. The molecule has 1 amide bonds. The van der Waals surface area contributed by atoms with E-state index in [9.17, 15) is 39.6 Å². The molecule has 0 bridgehead atoms. The van der Waals surface area contributed by atoms with Crippen molar-refractivity contribution in [1.82, 2.24) is 4.72 Å². The molecular formula is C17H10ClF6NO3S. The molecule has 0 spiro atoms. The summed E-state index contributed by atoms with van der Waals surface area (Å²) in [6.45, 7) is 0. The van der Waals surface area contributed by atoms with Gasteiger partial charge in [-0.2, -0.15) is 26.3 Å². The molecule has 0 saturated heterocycles. The molecule has 0 aromatic heterocycles. The van der Waals surface area contributed by atoms with Gasteiger partial charge in [0.15, 0.2) is 0 Å². The van der Waals surface area contributed by atoms with Gasteiger partial charge in [0.05, 0.1) is 22.1 Å². The van der Waals surface area contributed by atoms with Gasteiger partial charge in [-0.25, -0.2) is 13.1 Å². The van der Waals surface area contributed by atoms with E-state index in [-0.39, 0.29) is 18.2 Å². The first-order chi connectivity index (χ1) is 13.2. The number of carbonyl (C=O) groups is 1. The molecule has 0 aliphatic heterocycles. The minimum Gasteiger partial charge on any atom is -0.268 e. The van der Waals surface area contributed by atoms with Crippen LogP contribution in [0.5, 0.6) is 0 Å². The first kappa shape index (κ1) is 22.8. The van der Waals surface area contributed by atoms with E-state index in [0.717, 1.165) is 6.08 Å². The van der Waals surface area contributed by atoms with Crippen LogP contribution in [-0.2, 0) is 22.4 Å². The summed E-state index contributed by atoms with van der Waals surface area (Å²) < 4.78 is 103. The van der Waals surface area contributed by atoms with E-state index in [1.54, 1.807) is 0 Å². The number of alkyl halides is 6. The van der Waals surface area contributed by atoms with Crippen LogP contribution in [0.2, 0.25) is 5.02 Å². The highest BCUT2D eigenvalue weighted by molar-refractivity contribution is 7.93. The number of rotatable bonds is 4. The molecule has 2 rings (SSSR count). The number of carbonyl (C=O) groups excluding carboxylic acids is 1. The average Bonchev–Trinajstić information content (AvgIpc) is 2.59. The van der Waals surface area contributed by atoms with Gasteiger partial charge in [0.2, 0.25) is 0 Å². The monoisotopic (exact) mass is 457 g/mol. The zero-order valence-electron chi connectivity index (χ0n) is 14.0. The van der Waals surface area contributed by atoms with Gasteiger partial charge in [0.1, 0.15) is 0 Å². The molecule has 0 aliphatic rings. The molecule has 12 heteroatoms. The number of hydrogen-bond acceptors (Lipinski definition) is 3. The Kier molecular flexibility index (Phi) is 6.33. The van der Waals surface area contributed by atoms with Crippen molar-refractivity contribution in [2.75, 3.05) is 0 Å². The fraction of sp³-hybridized carbons (Fsp3) is 0.118. The molecule has 2 aromatic carbocycles. The predicted octanol–water partition coefficient (Wildman–Crippen LogP) is 5.11. The fourth-order valence-electron chi connectivity index (χ4n) is 2.11. The number of nitrogens with one attached hydrogen (secondary N) is 1. The molecule has 0 heterocycles. The molecule has 0 unspecified atom stereocenters. The molecule has 4 nitrogen and oxygen atoms in total. The zero-order valence-corrected chi connectivity index (χ0v) is 15.5. The Labute approximate surface area is 165 Å². The Morgan fingerprint density at radius 3 is 2.03 bits per heavy atom. The summed E-state index contributed by atoms with van der Waals surface area (Å²) in [5.74, 6) is -1.73. The van der Waals surface area contributed by atoms with Gasteiger partial charge in [-0.05, 0) is 42.0 Å². The van der Waals surface area contributed by atoms with E-state index in [1.807, 2.05) is 0 Å². The van der Waals surface area contributed by atoms with Crippen LogP contribution in [0, 0.1) is 0 Å². The Balaban J connectivity index is 2.32. The van der Waals surface area contributed by atoms with Crippen molar-refractivity contribution in [2.45, 2.75) is 12.4 Å². The maximum absolute atomic E-state index is 13.1. The molecule has 1 N–H and O–H groups in total. The van der Waals surface area contributed by atoms with Crippen LogP contribution in [0.25, 0.3) is 6.08 Å². The molecule has 156 valence electrons. The Morgan fingerprint density at radius 1 is 0.931 bits per heavy atom. The van der Waals surface area contributed by atoms with Crippen molar-refractivity contribution in [3.8, 4) is 0 Å². The molecular weight excluding hydrogens is 448 g/mol. The van der Waals surface area contributed by atoms with Crippen LogP contribution in [0.15, 0.2) is 47.9 Å². The zero-order chi connectivity index (χ0) is 22.0. The summed E-state index contributed by atoms with van der Waals surface area (Å²) >= 11 is 5.67. The van der Waals surface area contributed by atoms with Gasteiger partial charge in [-0.15, -0.1) is 0 Å². The standard InChI is InChI=1S/C17H10ClF6NO3S/c18-12-4-1-10(2-5-12)7-8-29(27,28)25-15(26)13-6-3-11(16(19,20)21)9-14(13)17(22,23)24/h1-9H,(H,25,26)/b8-7+. The second-order valence-corrected chi connectivity index (χ2v) is 7.59. The summed E-state index contributed by atoms with van der Waals surface area (Å²) in [4.78, 5) is 12.0. The predicted molar refractivity (Wildman–Crippen MR) is 93.3 cm³/mol. The van der Waals surface area contributed by atoms with Gasteiger partial charge in [0.25, 0.3) is 15.9 Å². The Hall–Kier alpha value is -2.53. The minimum absolute atomic E-state index is 0.250. The van der Waals surface area contributed by atoms with Gasteiger partial charge in [-0.3, -0.25) is 4.79 Å². The highest BCUT2D eigenvalue weighted by atomic mass is 35.5. The molecule has 0 fully saturated rings. The highest BCUT2D eigenvalue weighted by Crippen LogP contribution is 2.37. The summed E-state index contributed by atoms with van der Waals surface area (Å²) in [6.07, 6.45) is -9.36. The lowest BCUT2D eigenvalue weighted by atomic mass is 10.0. The van der Waals surface area contributed by atoms with Crippen LogP contribution in [-0.4, -0.2) is 14.3 Å². The van der Waals surface area contributed by atoms with E-state index >= 15 is 0 Å². The maximum atomic E-state index is 13.1. The summed E-state index contributed by atoms with van der Waals surface area (Å²) in [7, 11) is -4.54. The summed E-state index contributed by atoms with van der Waals surface area (Å²) in [5, 5.41) is 0.895. The summed E-state index contributed by atoms with van der Waals surface area (Å²) in [6, 6.07) is 6.03. The van der Waals surface area contributed by atoms with Crippen LogP contribution in [0.4, 0.5) is 26.3 Å². The van der Waals surface area contributed by atoms with Gasteiger partial charge in [0, 0.05) is 5.02 Å². The van der Waals surface area contributed by atoms with Crippen molar-refractivity contribution in [1.29, 1.82) is 0 Å². The lowest BCUT2D eigenvalue weighted by molar-refractivity contribution is -0.143. The van der Waals surface area contributed by atoms with Crippen LogP contribution in [0.1, 0.15) is 27.0 Å².